The SMILES string of the molecule is CCNC(CC1=CCCCC1)c1ccccc1OC. The van der Waals surface area contributed by atoms with Gasteiger partial charge in [-0.1, -0.05) is 36.8 Å². The van der Waals surface area contributed by atoms with E-state index >= 15 is 0 Å². The minimum absolute atomic E-state index is 0.366. The van der Waals surface area contributed by atoms with Crippen molar-refractivity contribution in [1.82, 2.24) is 5.32 Å². The van der Waals surface area contributed by atoms with Crippen molar-refractivity contribution in [3.8, 4) is 5.75 Å². The fourth-order valence-corrected chi connectivity index (χ4v) is 2.85. The van der Waals surface area contributed by atoms with Crippen molar-refractivity contribution in [3.63, 3.8) is 0 Å². The number of hydrogen-bond donors (Lipinski definition) is 1. The molecule has 0 heterocycles. The van der Waals surface area contributed by atoms with Gasteiger partial charge in [0, 0.05) is 11.6 Å². The van der Waals surface area contributed by atoms with Crippen LogP contribution in [-0.4, -0.2) is 13.7 Å². The van der Waals surface area contributed by atoms with Gasteiger partial charge in [-0.3, -0.25) is 0 Å². The summed E-state index contributed by atoms with van der Waals surface area (Å²) >= 11 is 0. The first-order valence-electron chi connectivity index (χ1n) is 7.39. The van der Waals surface area contributed by atoms with Gasteiger partial charge in [0.05, 0.1) is 7.11 Å². The van der Waals surface area contributed by atoms with Gasteiger partial charge in [0.15, 0.2) is 0 Å². The maximum absolute atomic E-state index is 5.50. The van der Waals surface area contributed by atoms with E-state index < -0.39 is 0 Å². The van der Waals surface area contributed by atoms with Gasteiger partial charge in [0.2, 0.25) is 0 Å². The molecule has 0 amide bonds. The first kappa shape index (κ1) is 14.1. The fourth-order valence-electron chi connectivity index (χ4n) is 2.85. The lowest BCUT2D eigenvalue weighted by Gasteiger charge is -2.23. The van der Waals surface area contributed by atoms with Crippen LogP contribution < -0.4 is 10.1 Å². The van der Waals surface area contributed by atoms with Gasteiger partial charge in [-0.05, 0) is 44.7 Å². The number of para-hydroxylation sites is 1. The van der Waals surface area contributed by atoms with Crippen LogP contribution in [0.4, 0.5) is 0 Å². The number of allylic oxidation sites excluding steroid dienone is 1. The summed E-state index contributed by atoms with van der Waals surface area (Å²) in [5.41, 5.74) is 2.88. The highest BCUT2D eigenvalue weighted by Crippen LogP contribution is 2.32. The van der Waals surface area contributed by atoms with Gasteiger partial charge in [-0.2, -0.15) is 0 Å². The molecule has 0 aliphatic heterocycles. The number of ether oxygens (including phenoxy) is 1. The van der Waals surface area contributed by atoms with Crippen LogP contribution in [0.2, 0.25) is 0 Å². The molecule has 0 aromatic heterocycles. The third-order valence-corrected chi connectivity index (χ3v) is 3.82. The van der Waals surface area contributed by atoms with Gasteiger partial charge in [-0.15, -0.1) is 0 Å². The second kappa shape index (κ2) is 7.34. The first-order chi connectivity index (χ1) is 9.35. The van der Waals surface area contributed by atoms with E-state index in [9.17, 15) is 0 Å². The molecule has 1 aliphatic rings. The zero-order valence-corrected chi connectivity index (χ0v) is 12.1. The molecule has 1 aromatic carbocycles. The molecule has 1 unspecified atom stereocenters. The molecule has 2 rings (SSSR count). The Morgan fingerprint density at radius 1 is 1.26 bits per heavy atom. The Hall–Kier alpha value is -1.28. The number of methoxy groups -OCH3 is 1. The maximum atomic E-state index is 5.50. The Morgan fingerprint density at radius 2 is 2.11 bits per heavy atom. The summed E-state index contributed by atoms with van der Waals surface area (Å²) in [7, 11) is 1.75. The Balaban J connectivity index is 2.16. The predicted octanol–water partition coefficient (Wildman–Crippen LogP) is 4.24. The molecule has 2 nitrogen and oxygen atoms in total. The highest BCUT2D eigenvalue weighted by atomic mass is 16.5. The summed E-state index contributed by atoms with van der Waals surface area (Å²) in [5, 5.41) is 3.60. The van der Waals surface area contributed by atoms with E-state index in [2.05, 4.69) is 36.5 Å². The van der Waals surface area contributed by atoms with Crippen LogP contribution in [0.1, 0.15) is 50.6 Å². The van der Waals surface area contributed by atoms with E-state index in [0.29, 0.717) is 6.04 Å². The smallest absolute Gasteiger partial charge is 0.123 e. The molecule has 0 bridgehead atoms. The molecule has 0 saturated carbocycles. The van der Waals surface area contributed by atoms with Crippen molar-refractivity contribution in [1.29, 1.82) is 0 Å². The van der Waals surface area contributed by atoms with Crippen molar-refractivity contribution in [3.05, 3.63) is 41.5 Å². The topological polar surface area (TPSA) is 21.3 Å². The number of rotatable bonds is 6. The van der Waals surface area contributed by atoms with E-state index in [-0.39, 0.29) is 0 Å². The maximum Gasteiger partial charge on any atom is 0.123 e. The van der Waals surface area contributed by atoms with Crippen molar-refractivity contribution < 1.29 is 4.74 Å². The summed E-state index contributed by atoms with van der Waals surface area (Å²) < 4.78 is 5.50. The lowest BCUT2D eigenvalue weighted by Crippen LogP contribution is -2.22. The molecule has 0 saturated heterocycles. The summed E-state index contributed by atoms with van der Waals surface area (Å²) in [6.45, 7) is 3.15. The Labute approximate surface area is 116 Å². The molecule has 1 aromatic rings. The van der Waals surface area contributed by atoms with Crippen molar-refractivity contribution in [2.75, 3.05) is 13.7 Å². The van der Waals surface area contributed by atoms with E-state index in [0.717, 1.165) is 18.7 Å². The monoisotopic (exact) mass is 259 g/mol. The average molecular weight is 259 g/mol. The molecule has 2 heteroatoms. The molecule has 1 atom stereocenters. The van der Waals surface area contributed by atoms with Crippen molar-refractivity contribution >= 4 is 0 Å². The zero-order valence-electron chi connectivity index (χ0n) is 12.1. The second-order valence-electron chi connectivity index (χ2n) is 5.16. The molecule has 1 N–H and O–H groups in total. The normalized spacial score (nSPS) is 16.8. The Bertz CT molecular complexity index is 425. The van der Waals surface area contributed by atoms with E-state index in [1.54, 1.807) is 12.7 Å². The lowest BCUT2D eigenvalue weighted by molar-refractivity contribution is 0.398. The van der Waals surface area contributed by atoms with Crippen LogP contribution in [-0.2, 0) is 0 Å². The van der Waals surface area contributed by atoms with Gasteiger partial charge in [0.1, 0.15) is 5.75 Å². The molecule has 19 heavy (non-hydrogen) atoms. The van der Waals surface area contributed by atoms with Crippen LogP contribution in [0, 0.1) is 0 Å². The Morgan fingerprint density at radius 3 is 2.79 bits per heavy atom. The van der Waals surface area contributed by atoms with Gasteiger partial charge in [-0.25, -0.2) is 0 Å². The van der Waals surface area contributed by atoms with Crippen LogP contribution in [0.5, 0.6) is 5.75 Å². The minimum atomic E-state index is 0.366. The highest BCUT2D eigenvalue weighted by Gasteiger charge is 2.17. The van der Waals surface area contributed by atoms with Crippen LogP contribution >= 0.6 is 0 Å². The third-order valence-electron chi connectivity index (χ3n) is 3.82. The zero-order chi connectivity index (χ0) is 13.5. The largest absolute Gasteiger partial charge is 0.496 e. The van der Waals surface area contributed by atoms with Crippen LogP contribution in [0.25, 0.3) is 0 Å². The predicted molar refractivity (Wildman–Crippen MR) is 80.6 cm³/mol. The number of hydrogen-bond acceptors (Lipinski definition) is 2. The summed E-state index contributed by atoms with van der Waals surface area (Å²) in [6.07, 6.45) is 8.75. The molecule has 0 radical (unpaired) electrons. The van der Waals surface area contributed by atoms with E-state index in [1.165, 1.54) is 31.2 Å². The molecule has 104 valence electrons. The lowest BCUT2D eigenvalue weighted by atomic mass is 9.91. The van der Waals surface area contributed by atoms with Crippen LogP contribution in [0.3, 0.4) is 0 Å². The summed E-state index contributed by atoms with van der Waals surface area (Å²) in [6, 6.07) is 8.72. The molecular weight excluding hydrogens is 234 g/mol. The van der Waals surface area contributed by atoms with Gasteiger partial charge in [0.25, 0.3) is 0 Å². The average Bonchev–Trinajstić information content (AvgIpc) is 2.48. The number of benzene rings is 1. The minimum Gasteiger partial charge on any atom is -0.496 e. The van der Waals surface area contributed by atoms with E-state index in [4.69, 9.17) is 4.74 Å². The highest BCUT2D eigenvalue weighted by molar-refractivity contribution is 5.36. The summed E-state index contributed by atoms with van der Waals surface area (Å²) in [5.74, 6) is 0.991. The van der Waals surface area contributed by atoms with Crippen molar-refractivity contribution in [2.45, 2.75) is 45.1 Å². The van der Waals surface area contributed by atoms with Crippen molar-refractivity contribution in [2.24, 2.45) is 0 Å². The molecule has 1 aliphatic carbocycles. The second-order valence-corrected chi connectivity index (χ2v) is 5.16. The van der Waals surface area contributed by atoms with Gasteiger partial charge < -0.3 is 10.1 Å². The number of nitrogens with one attached hydrogen (secondary N) is 1. The fraction of sp³-hybridized carbons (Fsp3) is 0.529. The third kappa shape index (κ3) is 3.84. The Kier molecular flexibility index (Phi) is 5.46. The first-order valence-corrected chi connectivity index (χ1v) is 7.39. The molecular formula is C17H25NO. The summed E-state index contributed by atoms with van der Waals surface area (Å²) in [4.78, 5) is 0. The van der Waals surface area contributed by atoms with Crippen LogP contribution in [0.15, 0.2) is 35.9 Å². The van der Waals surface area contributed by atoms with Gasteiger partial charge >= 0.3 is 0 Å². The molecule has 0 fully saturated rings. The standard InChI is InChI=1S/C17H25NO/c1-3-18-16(13-14-9-5-4-6-10-14)15-11-7-8-12-17(15)19-2/h7-9,11-12,16,18H,3-6,10,13H2,1-2H3. The van der Waals surface area contributed by atoms with E-state index in [1.807, 2.05) is 6.07 Å². The quantitative estimate of drug-likeness (QED) is 0.772. The molecule has 0 spiro atoms.